The van der Waals surface area contributed by atoms with Crippen LogP contribution in [0.4, 0.5) is 0 Å². The second kappa shape index (κ2) is 7.54. The second-order valence-corrected chi connectivity index (χ2v) is 8.05. The van der Waals surface area contributed by atoms with E-state index in [2.05, 4.69) is 0 Å². The molecule has 1 aromatic carbocycles. The predicted octanol–water partition coefficient (Wildman–Crippen LogP) is 2.72. The fourth-order valence-corrected chi connectivity index (χ4v) is 4.54. The first-order chi connectivity index (χ1) is 14.2. The van der Waals surface area contributed by atoms with Gasteiger partial charge in [0.15, 0.2) is 11.5 Å². The van der Waals surface area contributed by atoms with E-state index in [-0.39, 0.29) is 24.3 Å². The number of fused-ring (bicyclic) bond motifs is 2. The number of ether oxygens (including phenoxy) is 2. The number of aromatic nitrogens is 2. The number of amides is 1. The Kier molecular flexibility index (Phi) is 4.73. The third-order valence-corrected chi connectivity index (χ3v) is 6.20. The van der Waals surface area contributed by atoms with Crippen molar-refractivity contribution < 1.29 is 14.3 Å². The molecule has 0 saturated carbocycles. The zero-order chi connectivity index (χ0) is 19.8. The van der Waals surface area contributed by atoms with Crippen molar-refractivity contribution >= 4 is 5.91 Å². The number of nitrogens with zero attached hydrogens (tertiary/aromatic N) is 3. The number of carbonyl (C=O) groups excluding carboxylic acids is 1. The van der Waals surface area contributed by atoms with Crippen LogP contribution in [-0.2, 0) is 12.8 Å². The van der Waals surface area contributed by atoms with Gasteiger partial charge in [0, 0.05) is 24.7 Å². The molecule has 1 amide bonds. The molecule has 1 aromatic heterocycles. The van der Waals surface area contributed by atoms with E-state index >= 15 is 0 Å². The molecule has 0 radical (unpaired) electrons. The highest BCUT2D eigenvalue weighted by atomic mass is 16.7. The number of hydrogen-bond acceptors (Lipinski definition) is 5. The van der Waals surface area contributed by atoms with E-state index in [1.807, 2.05) is 4.90 Å². The lowest BCUT2D eigenvalue weighted by Crippen LogP contribution is -2.41. The Bertz CT molecular complexity index is 992. The Hall–Kier alpha value is -2.83. The normalized spacial score (nSPS) is 19.0. The summed E-state index contributed by atoms with van der Waals surface area (Å²) in [5.41, 5.74) is 2.80. The van der Waals surface area contributed by atoms with E-state index in [1.54, 1.807) is 28.9 Å². The van der Waals surface area contributed by atoms with Gasteiger partial charge in [0.2, 0.25) is 6.79 Å². The van der Waals surface area contributed by atoms with Crippen LogP contribution in [0.2, 0.25) is 0 Å². The molecule has 0 spiro atoms. The summed E-state index contributed by atoms with van der Waals surface area (Å²) in [6.45, 7) is 1.42. The van der Waals surface area contributed by atoms with Crippen molar-refractivity contribution in [1.29, 1.82) is 0 Å². The number of piperidine rings is 1. The summed E-state index contributed by atoms with van der Waals surface area (Å²) in [4.78, 5) is 27.4. The van der Waals surface area contributed by atoms with Gasteiger partial charge in [0.05, 0.1) is 11.7 Å². The van der Waals surface area contributed by atoms with Gasteiger partial charge < -0.3 is 14.4 Å². The summed E-state index contributed by atoms with van der Waals surface area (Å²) in [7, 11) is 0. The Morgan fingerprint density at radius 2 is 1.79 bits per heavy atom. The van der Waals surface area contributed by atoms with Crippen molar-refractivity contribution in [3.63, 3.8) is 0 Å². The Morgan fingerprint density at radius 1 is 1.00 bits per heavy atom. The molecule has 152 valence electrons. The Labute approximate surface area is 169 Å². The molecule has 1 aliphatic carbocycles. The smallest absolute Gasteiger partial charge is 0.267 e. The molecule has 5 rings (SSSR count). The van der Waals surface area contributed by atoms with E-state index in [4.69, 9.17) is 14.6 Å². The molecule has 2 aliphatic heterocycles. The number of aryl methyl sites for hydroxylation is 2. The lowest BCUT2D eigenvalue weighted by atomic mass is 10.0. The number of benzene rings is 1. The van der Waals surface area contributed by atoms with Crippen molar-refractivity contribution in [1.82, 2.24) is 14.7 Å². The van der Waals surface area contributed by atoms with Crippen LogP contribution >= 0.6 is 0 Å². The zero-order valence-electron chi connectivity index (χ0n) is 16.4. The first-order valence-electron chi connectivity index (χ1n) is 10.5. The fourth-order valence-electron chi connectivity index (χ4n) is 4.54. The number of carbonyl (C=O) groups is 1. The highest BCUT2D eigenvalue weighted by Gasteiger charge is 2.27. The number of likely N-dealkylation sites (tertiary alicyclic amines) is 1. The second-order valence-electron chi connectivity index (χ2n) is 8.05. The minimum Gasteiger partial charge on any atom is -0.454 e. The van der Waals surface area contributed by atoms with Gasteiger partial charge in [0.1, 0.15) is 0 Å². The van der Waals surface area contributed by atoms with Crippen LogP contribution in [0.25, 0.3) is 0 Å². The molecule has 3 heterocycles. The molecule has 0 unspecified atom stereocenters. The SMILES string of the molecule is O=C(c1ccc2c(c1)OCO2)N1CCC(n2nc3c(cc2=O)CCCCC3)CC1. The lowest BCUT2D eigenvalue weighted by molar-refractivity contribution is 0.0687. The van der Waals surface area contributed by atoms with Gasteiger partial charge >= 0.3 is 0 Å². The van der Waals surface area contributed by atoms with Crippen LogP contribution in [0.5, 0.6) is 11.5 Å². The van der Waals surface area contributed by atoms with Crippen LogP contribution in [0.15, 0.2) is 29.1 Å². The topological polar surface area (TPSA) is 73.7 Å². The van der Waals surface area contributed by atoms with Crippen molar-refractivity contribution in [2.45, 2.75) is 51.0 Å². The molecule has 0 N–H and O–H groups in total. The third-order valence-electron chi connectivity index (χ3n) is 6.20. The summed E-state index contributed by atoms with van der Waals surface area (Å²) in [6, 6.07) is 7.14. The molecule has 0 bridgehead atoms. The van der Waals surface area contributed by atoms with Crippen LogP contribution in [-0.4, -0.2) is 40.5 Å². The van der Waals surface area contributed by atoms with Crippen molar-refractivity contribution in [2.24, 2.45) is 0 Å². The number of hydrogen-bond donors (Lipinski definition) is 0. The van der Waals surface area contributed by atoms with Gasteiger partial charge in [-0.15, -0.1) is 0 Å². The molecule has 0 atom stereocenters. The molecular formula is C22H25N3O4. The van der Waals surface area contributed by atoms with Gasteiger partial charge in [-0.25, -0.2) is 4.68 Å². The Balaban J connectivity index is 1.29. The van der Waals surface area contributed by atoms with Crippen molar-refractivity contribution in [2.75, 3.05) is 19.9 Å². The highest BCUT2D eigenvalue weighted by Crippen LogP contribution is 2.33. The quantitative estimate of drug-likeness (QED) is 0.731. The predicted molar refractivity (Wildman–Crippen MR) is 106 cm³/mol. The molecule has 1 saturated heterocycles. The fraction of sp³-hybridized carbons (Fsp3) is 0.500. The Morgan fingerprint density at radius 3 is 2.66 bits per heavy atom. The molecule has 7 heteroatoms. The van der Waals surface area contributed by atoms with Crippen LogP contribution in [0.3, 0.4) is 0 Å². The number of rotatable bonds is 2. The summed E-state index contributed by atoms with van der Waals surface area (Å²) < 4.78 is 12.4. The van der Waals surface area contributed by atoms with Gasteiger partial charge in [-0.05, 0) is 62.3 Å². The van der Waals surface area contributed by atoms with Gasteiger partial charge in [-0.2, -0.15) is 5.10 Å². The monoisotopic (exact) mass is 395 g/mol. The molecule has 2 aromatic rings. The lowest BCUT2D eigenvalue weighted by Gasteiger charge is -2.32. The van der Waals surface area contributed by atoms with Crippen LogP contribution in [0, 0.1) is 0 Å². The van der Waals surface area contributed by atoms with E-state index in [0.717, 1.165) is 49.8 Å². The summed E-state index contributed by atoms with van der Waals surface area (Å²) >= 11 is 0. The average molecular weight is 395 g/mol. The average Bonchev–Trinajstić information content (AvgIpc) is 3.10. The maximum Gasteiger partial charge on any atom is 0.267 e. The van der Waals surface area contributed by atoms with Gasteiger partial charge in [0.25, 0.3) is 11.5 Å². The molecule has 3 aliphatic rings. The zero-order valence-corrected chi connectivity index (χ0v) is 16.4. The highest BCUT2D eigenvalue weighted by molar-refractivity contribution is 5.95. The van der Waals surface area contributed by atoms with Crippen molar-refractivity contribution in [3.05, 3.63) is 51.4 Å². The summed E-state index contributed by atoms with van der Waals surface area (Å²) in [5.74, 6) is 1.28. The minimum absolute atomic E-state index is 0.00815. The third kappa shape index (κ3) is 3.50. The van der Waals surface area contributed by atoms with Crippen LogP contribution < -0.4 is 15.0 Å². The van der Waals surface area contributed by atoms with Gasteiger partial charge in [-0.3, -0.25) is 9.59 Å². The standard InChI is InChI=1S/C22H25N3O4/c26-21-13-15-4-2-1-3-5-18(15)23-25(21)17-8-10-24(11-9-17)22(27)16-6-7-19-20(12-16)29-14-28-19/h6-7,12-13,17H,1-5,8-11,14H2. The summed E-state index contributed by atoms with van der Waals surface area (Å²) in [6.07, 6.45) is 6.87. The maximum absolute atomic E-state index is 12.9. The van der Waals surface area contributed by atoms with E-state index in [9.17, 15) is 9.59 Å². The van der Waals surface area contributed by atoms with Gasteiger partial charge in [-0.1, -0.05) is 6.42 Å². The molecule has 7 nitrogen and oxygen atoms in total. The molecular weight excluding hydrogens is 370 g/mol. The minimum atomic E-state index is -0.0102. The van der Waals surface area contributed by atoms with Crippen LogP contribution in [0.1, 0.15) is 59.8 Å². The largest absolute Gasteiger partial charge is 0.454 e. The van der Waals surface area contributed by atoms with Crippen molar-refractivity contribution in [3.8, 4) is 11.5 Å². The molecule has 29 heavy (non-hydrogen) atoms. The maximum atomic E-state index is 12.9. The summed E-state index contributed by atoms with van der Waals surface area (Å²) in [5, 5.41) is 4.73. The first kappa shape index (κ1) is 18.2. The van der Waals surface area contributed by atoms with E-state index < -0.39 is 0 Å². The van der Waals surface area contributed by atoms with E-state index in [0.29, 0.717) is 30.2 Å². The van der Waals surface area contributed by atoms with E-state index in [1.165, 1.54) is 6.42 Å². The molecule has 1 fully saturated rings. The first-order valence-corrected chi connectivity index (χ1v) is 10.5.